The van der Waals surface area contributed by atoms with E-state index in [4.69, 9.17) is 5.73 Å². The third kappa shape index (κ3) is 5.74. The molecule has 5 nitrogen and oxygen atoms in total. The van der Waals surface area contributed by atoms with Gasteiger partial charge >= 0.3 is 0 Å². The van der Waals surface area contributed by atoms with Crippen LogP contribution >= 0.6 is 0 Å². The molecule has 0 aliphatic heterocycles. The van der Waals surface area contributed by atoms with Gasteiger partial charge in [-0.2, -0.15) is 0 Å². The number of rotatable bonds is 6. The first-order chi connectivity index (χ1) is 18.0. The fraction of sp³-hybridized carbons (Fsp3) is 0. The Morgan fingerprint density at radius 1 is 0.459 bits per heavy atom. The van der Waals surface area contributed by atoms with Crippen molar-refractivity contribution in [2.45, 2.75) is 0 Å². The molecule has 0 atom stereocenters. The van der Waals surface area contributed by atoms with Gasteiger partial charge in [-0.3, -0.25) is 9.59 Å². The summed E-state index contributed by atoms with van der Waals surface area (Å²) in [7, 11) is 0. The zero-order valence-corrected chi connectivity index (χ0v) is 20.0. The molecule has 0 fully saturated rings. The Labute approximate surface area is 215 Å². The lowest BCUT2D eigenvalue weighted by atomic mass is 10.0. The molecule has 0 aromatic heterocycles. The highest BCUT2D eigenvalue weighted by molar-refractivity contribution is 6.09. The average Bonchev–Trinajstić information content (AvgIpc) is 2.94. The first-order valence-corrected chi connectivity index (χ1v) is 11.9. The molecule has 5 aromatic carbocycles. The summed E-state index contributed by atoms with van der Waals surface area (Å²) in [6, 6.07) is 39.7. The first kappa shape index (κ1) is 23.6. The topological polar surface area (TPSA) is 84.2 Å². The number of nitrogen functional groups attached to an aromatic ring is 1. The maximum absolute atomic E-state index is 13.1. The Balaban J connectivity index is 1.33. The van der Waals surface area contributed by atoms with Gasteiger partial charge in [0.25, 0.3) is 11.8 Å². The molecule has 0 unspecified atom stereocenters. The lowest BCUT2D eigenvalue weighted by Gasteiger charge is -2.11. The number of carbonyl (C=O) groups is 2. The highest BCUT2D eigenvalue weighted by atomic mass is 16.2. The third-order valence-electron chi connectivity index (χ3n) is 5.93. The predicted octanol–water partition coefficient (Wildman–Crippen LogP) is 7.11. The second-order valence-corrected chi connectivity index (χ2v) is 8.65. The SMILES string of the molecule is Nc1cc(C(=O)Nc2cccc(-c3ccccc3)c2)cc(C(=O)Nc2cccc(-c3ccccc3)c2)c1. The van der Waals surface area contributed by atoms with Gasteiger partial charge in [0.15, 0.2) is 0 Å². The maximum atomic E-state index is 13.1. The zero-order chi connectivity index (χ0) is 25.6. The maximum Gasteiger partial charge on any atom is 0.255 e. The Kier molecular flexibility index (Phi) is 6.77. The molecule has 5 aromatic rings. The van der Waals surface area contributed by atoms with Crippen molar-refractivity contribution in [1.29, 1.82) is 0 Å². The third-order valence-corrected chi connectivity index (χ3v) is 5.93. The lowest BCUT2D eigenvalue weighted by molar-refractivity contribution is 0.102. The van der Waals surface area contributed by atoms with Crippen LogP contribution < -0.4 is 16.4 Å². The molecule has 0 aliphatic carbocycles. The smallest absolute Gasteiger partial charge is 0.255 e. The van der Waals surface area contributed by atoms with Crippen LogP contribution in [-0.4, -0.2) is 11.8 Å². The van der Waals surface area contributed by atoms with Gasteiger partial charge in [0, 0.05) is 28.2 Å². The molecular formula is C32H25N3O2. The van der Waals surface area contributed by atoms with E-state index in [1.807, 2.05) is 109 Å². The van der Waals surface area contributed by atoms with Gasteiger partial charge in [-0.1, -0.05) is 84.9 Å². The lowest BCUT2D eigenvalue weighted by Crippen LogP contribution is -2.16. The summed E-state index contributed by atoms with van der Waals surface area (Å²) < 4.78 is 0. The monoisotopic (exact) mass is 483 g/mol. The molecule has 180 valence electrons. The molecule has 4 N–H and O–H groups in total. The van der Waals surface area contributed by atoms with E-state index in [1.165, 1.54) is 0 Å². The van der Waals surface area contributed by atoms with Gasteiger partial charge in [-0.15, -0.1) is 0 Å². The number of amides is 2. The predicted molar refractivity (Wildman–Crippen MR) is 151 cm³/mol. The zero-order valence-electron chi connectivity index (χ0n) is 20.0. The van der Waals surface area contributed by atoms with E-state index in [2.05, 4.69) is 10.6 Å². The van der Waals surface area contributed by atoms with Gasteiger partial charge < -0.3 is 16.4 Å². The molecule has 0 heterocycles. The van der Waals surface area contributed by atoms with Crippen molar-refractivity contribution in [1.82, 2.24) is 0 Å². The fourth-order valence-corrected chi connectivity index (χ4v) is 4.13. The molecule has 0 saturated carbocycles. The van der Waals surface area contributed by atoms with Crippen LogP contribution in [-0.2, 0) is 0 Å². The summed E-state index contributed by atoms with van der Waals surface area (Å²) in [4.78, 5) is 26.1. The van der Waals surface area contributed by atoms with Crippen LogP contribution in [0.5, 0.6) is 0 Å². The molecule has 0 spiro atoms. The highest BCUT2D eigenvalue weighted by Crippen LogP contribution is 2.25. The fourth-order valence-electron chi connectivity index (χ4n) is 4.13. The Bertz CT molecular complexity index is 1450. The number of hydrogen-bond donors (Lipinski definition) is 3. The van der Waals surface area contributed by atoms with Gasteiger partial charge in [-0.25, -0.2) is 0 Å². The van der Waals surface area contributed by atoms with Crippen LogP contribution in [0.25, 0.3) is 22.3 Å². The van der Waals surface area contributed by atoms with Gasteiger partial charge in [0.1, 0.15) is 0 Å². The van der Waals surface area contributed by atoms with Gasteiger partial charge in [-0.05, 0) is 64.7 Å². The highest BCUT2D eigenvalue weighted by Gasteiger charge is 2.14. The van der Waals surface area contributed by atoms with Crippen LogP contribution in [0.1, 0.15) is 20.7 Å². The van der Waals surface area contributed by atoms with Crippen molar-refractivity contribution in [2.75, 3.05) is 16.4 Å². The van der Waals surface area contributed by atoms with E-state index in [-0.39, 0.29) is 11.8 Å². The van der Waals surface area contributed by atoms with Gasteiger partial charge in [0.05, 0.1) is 0 Å². The summed E-state index contributed by atoms with van der Waals surface area (Å²) in [5.41, 5.74) is 12.4. The van der Waals surface area contributed by atoms with E-state index in [1.54, 1.807) is 18.2 Å². The van der Waals surface area contributed by atoms with E-state index in [9.17, 15) is 9.59 Å². The van der Waals surface area contributed by atoms with E-state index in [0.717, 1.165) is 22.3 Å². The van der Waals surface area contributed by atoms with E-state index in [0.29, 0.717) is 28.2 Å². The minimum Gasteiger partial charge on any atom is -0.399 e. The molecule has 2 amide bonds. The largest absolute Gasteiger partial charge is 0.399 e. The first-order valence-electron chi connectivity index (χ1n) is 11.9. The summed E-state index contributed by atoms with van der Waals surface area (Å²) in [5, 5.41) is 5.82. The molecule has 0 bridgehead atoms. The standard InChI is InChI=1S/C32H25N3O2/c33-28-18-26(31(36)34-29-15-7-13-24(20-29)22-9-3-1-4-10-22)17-27(19-28)32(37)35-30-16-8-14-25(21-30)23-11-5-2-6-12-23/h1-21H,33H2,(H,34,36)(H,35,37). The average molecular weight is 484 g/mol. The molecule has 0 aliphatic rings. The molecule has 0 saturated heterocycles. The van der Waals surface area contributed by atoms with Crippen LogP contribution in [0.4, 0.5) is 17.1 Å². The number of nitrogens with one attached hydrogen (secondary N) is 2. The van der Waals surface area contributed by atoms with Gasteiger partial charge in [0.2, 0.25) is 0 Å². The number of benzene rings is 5. The van der Waals surface area contributed by atoms with Crippen molar-refractivity contribution < 1.29 is 9.59 Å². The molecule has 0 radical (unpaired) electrons. The molecule has 37 heavy (non-hydrogen) atoms. The minimum absolute atomic E-state index is 0.299. The second kappa shape index (κ2) is 10.6. The minimum atomic E-state index is -0.349. The van der Waals surface area contributed by atoms with Crippen molar-refractivity contribution in [3.05, 3.63) is 139 Å². The summed E-state index contributed by atoms with van der Waals surface area (Å²) in [6.45, 7) is 0. The second-order valence-electron chi connectivity index (χ2n) is 8.65. The quantitative estimate of drug-likeness (QED) is 0.225. The van der Waals surface area contributed by atoms with Crippen molar-refractivity contribution in [2.24, 2.45) is 0 Å². The van der Waals surface area contributed by atoms with Crippen LogP contribution in [0.2, 0.25) is 0 Å². The van der Waals surface area contributed by atoms with Crippen LogP contribution in [0.3, 0.4) is 0 Å². The van der Waals surface area contributed by atoms with E-state index < -0.39 is 0 Å². The number of nitrogens with two attached hydrogens (primary N) is 1. The van der Waals surface area contributed by atoms with Crippen molar-refractivity contribution in [3.8, 4) is 22.3 Å². The summed E-state index contributed by atoms with van der Waals surface area (Å²) in [5.74, 6) is -0.699. The van der Waals surface area contributed by atoms with Crippen LogP contribution in [0.15, 0.2) is 127 Å². The number of carbonyl (C=O) groups excluding carboxylic acids is 2. The summed E-state index contributed by atoms with van der Waals surface area (Å²) in [6.07, 6.45) is 0. The Morgan fingerprint density at radius 2 is 0.865 bits per heavy atom. The Morgan fingerprint density at radius 3 is 1.30 bits per heavy atom. The summed E-state index contributed by atoms with van der Waals surface area (Å²) >= 11 is 0. The van der Waals surface area contributed by atoms with Crippen molar-refractivity contribution in [3.63, 3.8) is 0 Å². The molecular weight excluding hydrogens is 458 g/mol. The van der Waals surface area contributed by atoms with Crippen molar-refractivity contribution >= 4 is 28.9 Å². The number of hydrogen-bond acceptors (Lipinski definition) is 3. The molecule has 5 rings (SSSR count). The van der Waals surface area contributed by atoms with Crippen LogP contribution in [0, 0.1) is 0 Å². The van der Waals surface area contributed by atoms with E-state index >= 15 is 0 Å². The normalized spacial score (nSPS) is 10.5. The Hall–Kier alpha value is -5.16. The number of anilines is 3. The molecule has 5 heteroatoms.